The average molecular weight is 284 g/mol. The molecule has 0 radical (unpaired) electrons. The second kappa shape index (κ2) is 6.79. The minimum Gasteiger partial charge on any atom is -0.495 e. The second-order valence-corrected chi connectivity index (χ2v) is 4.82. The Hall–Kier alpha value is -2.49. The maximum Gasteiger partial charge on any atom is 0.231 e. The van der Waals surface area contributed by atoms with Gasteiger partial charge in [0.05, 0.1) is 18.7 Å². The van der Waals surface area contributed by atoms with Crippen molar-refractivity contribution >= 4 is 17.3 Å². The number of nitrogens with two attached hydrogens (primary N) is 1. The molecule has 21 heavy (non-hydrogen) atoms. The van der Waals surface area contributed by atoms with E-state index < -0.39 is 0 Å². The van der Waals surface area contributed by atoms with Crippen LogP contribution < -0.4 is 15.8 Å². The minimum atomic E-state index is -0.172. The summed E-state index contributed by atoms with van der Waals surface area (Å²) in [5, 5.41) is 2.92. The van der Waals surface area contributed by atoms with E-state index >= 15 is 0 Å². The molecule has 0 saturated carbocycles. The third-order valence-electron chi connectivity index (χ3n) is 3.43. The van der Waals surface area contributed by atoms with Crippen LogP contribution in [-0.4, -0.2) is 13.0 Å². The quantitative estimate of drug-likeness (QED) is 0.827. The van der Waals surface area contributed by atoms with Gasteiger partial charge in [-0.05, 0) is 24.1 Å². The molecule has 0 fully saturated rings. The molecule has 4 nitrogen and oxygen atoms in total. The summed E-state index contributed by atoms with van der Waals surface area (Å²) >= 11 is 0. The standard InChI is InChI=1S/C17H20N2O2/c1-3-14(12-7-5-4-6-8-12)17(20)19-13-9-10-15(18)16(11-13)21-2/h4-11,14H,3,18H2,1-2H3,(H,19,20). The molecule has 0 heterocycles. The number of ether oxygens (including phenoxy) is 1. The van der Waals surface area contributed by atoms with Crippen LogP contribution in [-0.2, 0) is 4.79 Å². The number of benzene rings is 2. The minimum absolute atomic E-state index is 0.0319. The van der Waals surface area contributed by atoms with Crippen LogP contribution in [0.1, 0.15) is 24.8 Å². The van der Waals surface area contributed by atoms with E-state index in [0.717, 1.165) is 12.0 Å². The molecular weight excluding hydrogens is 264 g/mol. The lowest BCUT2D eigenvalue weighted by Crippen LogP contribution is -2.20. The van der Waals surface area contributed by atoms with Gasteiger partial charge in [-0.1, -0.05) is 37.3 Å². The van der Waals surface area contributed by atoms with Gasteiger partial charge in [-0.3, -0.25) is 4.79 Å². The van der Waals surface area contributed by atoms with Crippen LogP contribution >= 0.6 is 0 Å². The Morgan fingerprint density at radius 1 is 1.24 bits per heavy atom. The molecule has 1 amide bonds. The smallest absolute Gasteiger partial charge is 0.231 e. The van der Waals surface area contributed by atoms with Gasteiger partial charge in [0, 0.05) is 11.8 Å². The van der Waals surface area contributed by atoms with Crippen molar-refractivity contribution in [3.05, 3.63) is 54.1 Å². The first-order valence-corrected chi connectivity index (χ1v) is 6.95. The first-order chi connectivity index (χ1) is 10.2. The SMILES string of the molecule is CCC(C(=O)Nc1ccc(N)c(OC)c1)c1ccccc1. The molecule has 1 atom stereocenters. The van der Waals surface area contributed by atoms with Crippen LogP contribution in [0, 0.1) is 0 Å². The molecular formula is C17H20N2O2. The molecule has 0 spiro atoms. The van der Waals surface area contributed by atoms with Crippen molar-refractivity contribution in [2.75, 3.05) is 18.2 Å². The highest BCUT2D eigenvalue weighted by atomic mass is 16.5. The second-order valence-electron chi connectivity index (χ2n) is 4.82. The van der Waals surface area contributed by atoms with Gasteiger partial charge in [0.2, 0.25) is 5.91 Å². The Kier molecular flexibility index (Phi) is 4.82. The molecule has 0 aliphatic heterocycles. The van der Waals surface area contributed by atoms with Crippen LogP contribution in [0.3, 0.4) is 0 Å². The Balaban J connectivity index is 2.16. The van der Waals surface area contributed by atoms with Gasteiger partial charge in [0.15, 0.2) is 0 Å². The summed E-state index contributed by atoms with van der Waals surface area (Å²) in [7, 11) is 1.55. The lowest BCUT2D eigenvalue weighted by molar-refractivity contribution is -0.117. The zero-order valence-electron chi connectivity index (χ0n) is 12.3. The molecule has 2 aromatic carbocycles. The van der Waals surface area contributed by atoms with Gasteiger partial charge in [0.25, 0.3) is 0 Å². The van der Waals surface area contributed by atoms with Gasteiger partial charge in [-0.25, -0.2) is 0 Å². The largest absolute Gasteiger partial charge is 0.495 e. The summed E-state index contributed by atoms with van der Waals surface area (Å²) in [6.45, 7) is 2.00. The Morgan fingerprint density at radius 2 is 1.95 bits per heavy atom. The number of nitrogen functional groups attached to an aromatic ring is 1. The normalized spacial score (nSPS) is 11.7. The number of anilines is 2. The molecule has 4 heteroatoms. The highest BCUT2D eigenvalue weighted by Crippen LogP contribution is 2.27. The van der Waals surface area contributed by atoms with Crippen LogP contribution in [0.15, 0.2) is 48.5 Å². The van der Waals surface area contributed by atoms with E-state index in [1.807, 2.05) is 37.3 Å². The summed E-state index contributed by atoms with van der Waals surface area (Å²) in [5.41, 5.74) is 8.01. The molecule has 2 aromatic rings. The third-order valence-corrected chi connectivity index (χ3v) is 3.43. The van der Waals surface area contributed by atoms with Crippen molar-refractivity contribution in [1.29, 1.82) is 0 Å². The number of methoxy groups -OCH3 is 1. The van der Waals surface area contributed by atoms with E-state index in [9.17, 15) is 4.79 Å². The average Bonchev–Trinajstić information content (AvgIpc) is 2.51. The monoisotopic (exact) mass is 284 g/mol. The Bertz CT molecular complexity index is 611. The number of nitrogens with one attached hydrogen (secondary N) is 1. The molecule has 110 valence electrons. The van der Waals surface area contributed by atoms with E-state index in [2.05, 4.69) is 5.32 Å². The number of rotatable bonds is 5. The Labute approximate surface area is 124 Å². The van der Waals surface area contributed by atoms with Crippen LogP contribution in [0.5, 0.6) is 5.75 Å². The van der Waals surface area contributed by atoms with Crippen molar-refractivity contribution in [1.82, 2.24) is 0 Å². The molecule has 3 N–H and O–H groups in total. The van der Waals surface area contributed by atoms with Crippen molar-refractivity contribution in [3.63, 3.8) is 0 Å². The highest BCUT2D eigenvalue weighted by Gasteiger charge is 2.18. The lowest BCUT2D eigenvalue weighted by Gasteiger charge is -2.16. The number of amides is 1. The van der Waals surface area contributed by atoms with Crippen molar-refractivity contribution in [2.24, 2.45) is 0 Å². The maximum atomic E-state index is 12.4. The molecule has 0 aliphatic rings. The van der Waals surface area contributed by atoms with Crippen LogP contribution in [0.25, 0.3) is 0 Å². The van der Waals surface area contributed by atoms with E-state index in [-0.39, 0.29) is 11.8 Å². The first-order valence-electron chi connectivity index (χ1n) is 6.95. The van der Waals surface area contributed by atoms with Gasteiger partial charge in [0.1, 0.15) is 5.75 Å². The van der Waals surface area contributed by atoms with Crippen molar-refractivity contribution in [3.8, 4) is 5.75 Å². The number of hydrogen-bond donors (Lipinski definition) is 2. The molecule has 2 rings (SSSR count). The van der Waals surface area contributed by atoms with Crippen molar-refractivity contribution in [2.45, 2.75) is 19.3 Å². The lowest BCUT2D eigenvalue weighted by atomic mass is 9.95. The van der Waals surface area contributed by atoms with E-state index in [1.54, 1.807) is 25.3 Å². The predicted molar refractivity (Wildman–Crippen MR) is 85.5 cm³/mol. The maximum absolute atomic E-state index is 12.4. The fourth-order valence-corrected chi connectivity index (χ4v) is 2.28. The molecule has 0 bridgehead atoms. The molecule has 0 aromatic heterocycles. The highest BCUT2D eigenvalue weighted by molar-refractivity contribution is 5.96. The van der Waals surface area contributed by atoms with E-state index in [4.69, 9.17) is 10.5 Å². The molecule has 0 aliphatic carbocycles. The zero-order chi connectivity index (χ0) is 15.2. The summed E-state index contributed by atoms with van der Waals surface area (Å²) in [4.78, 5) is 12.4. The number of carbonyl (C=O) groups is 1. The molecule has 1 unspecified atom stereocenters. The summed E-state index contributed by atoms with van der Waals surface area (Å²) in [6.07, 6.45) is 0.738. The topological polar surface area (TPSA) is 64.4 Å². The van der Waals surface area contributed by atoms with Gasteiger partial charge in [-0.15, -0.1) is 0 Å². The summed E-state index contributed by atoms with van der Waals surface area (Å²) < 4.78 is 5.16. The van der Waals surface area contributed by atoms with Gasteiger partial charge >= 0.3 is 0 Å². The Morgan fingerprint density at radius 3 is 2.57 bits per heavy atom. The van der Waals surface area contributed by atoms with E-state index in [0.29, 0.717) is 17.1 Å². The van der Waals surface area contributed by atoms with Crippen LogP contribution in [0.2, 0.25) is 0 Å². The fourth-order valence-electron chi connectivity index (χ4n) is 2.28. The fraction of sp³-hybridized carbons (Fsp3) is 0.235. The number of carbonyl (C=O) groups excluding carboxylic acids is 1. The summed E-state index contributed by atoms with van der Waals surface area (Å²) in [6, 6.07) is 15.0. The predicted octanol–water partition coefficient (Wildman–Crippen LogP) is 3.41. The first kappa shape index (κ1) is 14.9. The van der Waals surface area contributed by atoms with Crippen molar-refractivity contribution < 1.29 is 9.53 Å². The van der Waals surface area contributed by atoms with Gasteiger partial charge < -0.3 is 15.8 Å². The third kappa shape index (κ3) is 3.54. The number of hydrogen-bond acceptors (Lipinski definition) is 3. The van der Waals surface area contributed by atoms with E-state index in [1.165, 1.54) is 0 Å². The summed E-state index contributed by atoms with van der Waals surface area (Å²) in [5.74, 6) is 0.353. The van der Waals surface area contributed by atoms with Crippen LogP contribution in [0.4, 0.5) is 11.4 Å². The zero-order valence-corrected chi connectivity index (χ0v) is 12.3. The molecule has 0 saturated heterocycles. The van der Waals surface area contributed by atoms with Gasteiger partial charge in [-0.2, -0.15) is 0 Å².